The first kappa shape index (κ1) is 20.8. The highest BCUT2D eigenvalue weighted by Gasteiger charge is 2.40. The molecule has 0 bridgehead atoms. The minimum absolute atomic E-state index is 0.184. The van der Waals surface area contributed by atoms with E-state index in [1.165, 1.54) is 17.1 Å². The minimum Gasteiger partial charge on any atom is -0.377 e. The standard InChI is InChI=1S/C23H26F2N6O/c1-16-9-17(27-22-26-15-31(28-22)18-3-4-20(24)21(25)12-18)11-19(10-16)29-5-7-30(8-6-29)23(2)13-32-14-23/h3-4,9-12,15H,5-8,13-14H2,1-2H3,(H,27,28). The van der Waals surface area contributed by atoms with Crippen LogP contribution in [0.25, 0.3) is 5.69 Å². The molecule has 3 aromatic rings. The number of nitrogens with one attached hydrogen (secondary N) is 1. The lowest BCUT2D eigenvalue weighted by Gasteiger charge is -2.50. The predicted octanol–water partition coefficient (Wildman–Crippen LogP) is 3.51. The van der Waals surface area contributed by atoms with E-state index in [4.69, 9.17) is 4.74 Å². The fourth-order valence-corrected chi connectivity index (χ4v) is 4.30. The zero-order chi connectivity index (χ0) is 22.3. The van der Waals surface area contributed by atoms with E-state index in [1.807, 2.05) is 6.07 Å². The van der Waals surface area contributed by atoms with Crippen LogP contribution in [0.3, 0.4) is 0 Å². The number of rotatable bonds is 5. The SMILES string of the molecule is Cc1cc(Nc2ncn(-c3ccc(F)c(F)c3)n2)cc(N2CCN(C3(C)COC3)CC2)c1. The molecule has 3 heterocycles. The third-order valence-corrected chi connectivity index (χ3v) is 6.21. The quantitative estimate of drug-likeness (QED) is 0.655. The van der Waals surface area contributed by atoms with Crippen LogP contribution in [0, 0.1) is 18.6 Å². The number of aryl methyl sites for hydroxylation is 1. The molecule has 5 rings (SSSR count). The van der Waals surface area contributed by atoms with Crippen LogP contribution in [0.15, 0.2) is 42.7 Å². The molecule has 0 aliphatic carbocycles. The van der Waals surface area contributed by atoms with Gasteiger partial charge in [-0.2, -0.15) is 4.98 Å². The Hall–Kier alpha value is -3.04. The summed E-state index contributed by atoms with van der Waals surface area (Å²) < 4.78 is 33.6. The van der Waals surface area contributed by atoms with E-state index in [1.54, 1.807) is 0 Å². The lowest BCUT2D eigenvalue weighted by molar-refractivity contribution is -0.131. The first-order chi connectivity index (χ1) is 15.4. The zero-order valence-corrected chi connectivity index (χ0v) is 18.2. The molecule has 0 saturated carbocycles. The molecule has 2 saturated heterocycles. The summed E-state index contributed by atoms with van der Waals surface area (Å²) in [6.45, 7) is 9.90. The molecule has 2 aliphatic rings. The summed E-state index contributed by atoms with van der Waals surface area (Å²) in [5.74, 6) is -1.43. The topological polar surface area (TPSA) is 58.5 Å². The van der Waals surface area contributed by atoms with E-state index in [0.717, 1.165) is 68.5 Å². The molecule has 0 atom stereocenters. The van der Waals surface area contributed by atoms with E-state index >= 15 is 0 Å². The van der Waals surface area contributed by atoms with Gasteiger partial charge < -0.3 is 15.0 Å². The molecule has 1 N–H and O–H groups in total. The maximum atomic E-state index is 13.5. The molecular weight excluding hydrogens is 414 g/mol. The summed E-state index contributed by atoms with van der Waals surface area (Å²) in [7, 11) is 0. The highest BCUT2D eigenvalue weighted by atomic mass is 19.2. The first-order valence-corrected chi connectivity index (χ1v) is 10.7. The second-order valence-electron chi connectivity index (χ2n) is 8.76. The van der Waals surface area contributed by atoms with E-state index in [-0.39, 0.29) is 5.54 Å². The van der Waals surface area contributed by atoms with Gasteiger partial charge in [0.1, 0.15) is 6.33 Å². The molecule has 168 valence electrons. The molecule has 0 spiro atoms. The van der Waals surface area contributed by atoms with E-state index in [0.29, 0.717) is 11.6 Å². The van der Waals surface area contributed by atoms with Gasteiger partial charge in [0.25, 0.3) is 0 Å². The Morgan fingerprint density at radius 1 is 0.969 bits per heavy atom. The molecule has 1 aromatic heterocycles. The van der Waals surface area contributed by atoms with Gasteiger partial charge in [0, 0.05) is 43.6 Å². The molecule has 32 heavy (non-hydrogen) atoms. The van der Waals surface area contributed by atoms with Gasteiger partial charge in [-0.05, 0) is 49.7 Å². The average molecular weight is 440 g/mol. The summed E-state index contributed by atoms with van der Waals surface area (Å²) in [6.07, 6.45) is 1.47. The molecule has 2 fully saturated rings. The van der Waals surface area contributed by atoms with E-state index in [9.17, 15) is 8.78 Å². The van der Waals surface area contributed by atoms with Crippen molar-refractivity contribution in [2.45, 2.75) is 19.4 Å². The lowest BCUT2D eigenvalue weighted by Crippen LogP contribution is -2.64. The number of aromatic nitrogens is 3. The Bertz CT molecular complexity index is 1120. The third-order valence-electron chi connectivity index (χ3n) is 6.21. The van der Waals surface area contributed by atoms with Crippen LogP contribution in [-0.4, -0.2) is 64.6 Å². The number of hydrogen-bond acceptors (Lipinski definition) is 6. The normalized spacial score (nSPS) is 18.4. The van der Waals surface area contributed by atoms with Gasteiger partial charge in [-0.15, -0.1) is 5.10 Å². The highest BCUT2D eigenvalue weighted by Crippen LogP contribution is 2.29. The third kappa shape index (κ3) is 4.05. The second-order valence-corrected chi connectivity index (χ2v) is 8.76. The Balaban J connectivity index is 1.28. The van der Waals surface area contributed by atoms with Crippen molar-refractivity contribution in [1.82, 2.24) is 19.7 Å². The largest absolute Gasteiger partial charge is 0.377 e. The molecule has 9 heteroatoms. The predicted molar refractivity (Wildman–Crippen MR) is 119 cm³/mol. The molecule has 0 unspecified atom stereocenters. The van der Waals surface area contributed by atoms with Crippen LogP contribution >= 0.6 is 0 Å². The second kappa shape index (κ2) is 8.14. The van der Waals surface area contributed by atoms with Crippen molar-refractivity contribution in [3.63, 3.8) is 0 Å². The van der Waals surface area contributed by atoms with Crippen molar-refractivity contribution in [2.24, 2.45) is 0 Å². The Morgan fingerprint density at radius 2 is 1.75 bits per heavy atom. The number of nitrogens with zero attached hydrogens (tertiary/aromatic N) is 5. The van der Waals surface area contributed by atoms with Gasteiger partial charge in [0.05, 0.1) is 24.4 Å². The highest BCUT2D eigenvalue weighted by molar-refractivity contribution is 5.64. The van der Waals surface area contributed by atoms with Gasteiger partial charge in [0.15, 0.2) is 11.6 Å². The van der Waals surface area contributed by atoms with Crippen molar-refractivity contribution < 1.29 is 13.5 Å². The van der Waals surface area contributed by atoms with Crippen LogP contribution in [0.1, 0.15) is 12.5 Å². The number of piperazine rings is 1. The summed E-state index contributed by atoms with van der Waals surface area (Å²) in [6, 6.07) is 9.93. The van der Waals surface area contributed by atoms with E-state index < -0.39 is 11.6 Å². The van der Waals surface area contributed by atoms with Crippen LogP contribution in [-0.2, 0) is 4.74 Å². The van der Waals surface area contributed by atoms with Gasteiger partial charge in [-0.25, -0.2) is 13.5 Å². The van der Waals surface area contributed by atoms with Gasteiger partial charge >= 0.3 is 0 Å². The Labute approximate surface area is 185 Å². The van der Waals surface area contributed by atoms with Gasteiger partial charge in [0.2, 0.25) is 5.95 Å². The fourth-order valence-electron chi connectivity index (χ4n) is 4.30. The van der Waals surface area contributed by atoms with Crippen molar-refractivity contribution in [2.75, 3.05) is 49.6 Å². The zero-order valence-electron chi connectivity index (χ0n) is 18.2. The van der Waals surface area contributed by atoms with Crippen molar-refractivity contribution in [3.05, 3.63) is 59.9 Å². The maximum absolute atomic E-state index is 13.5. The molecule has 2 aliphatic heterocycles. The summed E-state index contributed by atoms with van der Waals surface area (Å²) in [5, 5.41) is 7.57. The number of anilines is 3. The number of ether oxygens (including phenoxy) is 1. The Kier molecular flexibility index (Phi) is 5.30. The van der Waals surface area contributed by atoms with Crippen molar-refractivity contribution >= 4 is 17.3 Å². The molecular formula is C23H26F2N6O. The van der Waals surface area contributed by atoms with E-state index in [2.05, 4.69) is 51.2 Å². The van der Waals surface area contributed by atoms with Crippen LogP contribution in [0.2, 0.25) is 0 Å². The van der Waals surface area contributed by atoms with Crippen LogP contribution in [0.4, 0.5) is 26.1 Å². The average Bonchev–Trinajstić information content (AvgIpc) is 3.22. The first-order valence-electron chi connectivity index (χ1n) is 10.7. The number of halogens is 2. The molecule has 0 radical (unpaired) electrons. The van der Waals surface area contributed by atoms with Crippen LogP contribution in [0.5, 0.6) is 0 Å². The van der Waals surface area contributed by atoms with Crippen molar-refractivity contribution in [1.29, 1.82) is 0 Å². The smallest absolute Gasteiger partial charge is 0.246 e. The molecule has 7 nitrogen and oxygen atoms in total. The number of hydrogen-bond donors (Lipinski definition) is 1. The molecule has 2 aromatic carbocycles. The van der Waals surface area contributed by atoms with Crippen molar-refractivity contribution in [3.8, 4) is 5.69 Å². The lowest BCUT2D eigenvalue weighted by atomic mass is 9.97. The monoisotopic (exact) mass is 440 g/mol. The van der Waals surface area contributed by atoms with Gasteiger partial charge in [-0.1, -0.05) is 0 Å². The molecule has 0 amide bonds. The minimum atomic E-state index is -0.922. The number of benzene rings is 2. The fraction of sp³-hybridized carbons (Fsp3) is 0.391. The van der Waals surface area contributed by atoms with Crippen LogP contribution < -0.4 is 10.2 Å². The summed E-state index contributed by atoms with van der Waals surface area (Å²) in [5.41, 5.74) is 3.75. The summed E-state index contributed by atoms with van der Waals surface area (Å²) in [4.78, 5) is 9.18. The maximum Gasteiger partial charge on any atom is 0.246 e. The Morgan fingerprint density at radius 3 is 2.44 bits per heavy atom. The van der Waals surface area contributed by atoms with Gasteiger partial charge in [-0.3, -0.25) is 4.90 Å². The summed E-state index contributed by atoms with van der Waals surface area (Å²) >= 11 is 0.